The van der Waals surface area contributed by atoms with Gasteiger partial charge in [0.2, 0.25) is 0 Å². The van der Waals surface area contributed by atoms with Gasteiger partial charge in [0, 0.05) is 44.3 Å². The molecule has 266 valence electrons. The van der Waals surface area contributed by atoms with Gasteiger partial charge >= 0.3 is 0 Å². The number of fused-ring (bicyclic) bond motifs is 12. The molecule has 1 spiro atoms. The lowest BCUT2D eigenvalue weighted by Crippen LogP contribution is -2.32. The van der Waals surface area contributed by atoms with E-state index in [4.69, 9.17) is 14.7 Å². The molecular weight excluding hydrogens is 695 g/mol. The van der Waals surface area contributed by atoms with Crippen molar-refractivity contribution in [1.82, 2.24) is 14.5 Å². The van der Waals surface area contributed by atoms with Crippen LogP contribution in [0, 0.1) is 0 Å². The van der Waals surface area contributed by atoms with Gasteiger partial charge in [0.15, 0.2) is 5.82 Å². The molecule has 0 atom stereocenters. The van der Waals surface area contributed by atoms with Gasteiger partial charge in [-0.05, 0) is 76.9 Å². The minimum Gasteiger partial charge on any atom is -0.457 e. The molecular formula is C53H33N3O. The van der Waals surface area contributed by atoms with Crippen molar-refractivity contribution in [3.05, 3.63) is 222 Å². The summed E-state index contributed by atoms with van der Waals surface area (Å²) >= 11 is 0. The third kappa shape index (κ3) is 4.62. The lowest BCUT2D eigenvalue weighted by Gasteiger charge is -2.39. The molecule has 0 fully saturated rings. The standard InChI is InChI=1S/C53H33N3O/c1-2-14-35(15-3-1)52-54-46(34-26-29-37(30-27-34)56-48-23-11-6-18-40(48)41-19-7-12-24-49(41)56)33-47(55-52)36-28-31-51-45(32-36)53(44-22-10-13-25-50(44)57-51)42-20-8-4-16-38(42)39-17-5-9-21-43(39)53/h1-33H. The fourth-order valence-corrected chi connectivity index (χ4v) is 9.46. The highest BCUT2D eigenvalue weighted by Gasteiger charge is 2.51. The zero-order chi connectivity index (χ0) is 37.5. The van der Waals surface area contributed by atoms with Gasteiger partial charge in [-0.2, -0.15) is 0 Å². The number of hydrogen-bond donors (Lipinski definition) is 0. The Morgan fingerprint density at radius 1 is 0.386 bits per heavy atom. The summed E-state index contributed by atoms with van der Waals surface area (Å²) in [5.74, 6) is 2.41. The van der Waals surface area contributed by atoms with E-state index in [2.05, 4.69) is 187 Å². The summed E-state index contributed by atoms with van der Waals surface area (Å²) in [7, 11) is 0. The van der Waals surface area contributed by atoms with Crippen molar-refractivity contribution >= 4 is 21.8 Å². The Bertz CT molecular complexity index is 3120. The molecule has 0 N–H and O–H groups in total. The molecule has 1 aliphatic heterocycles. The van der Waals surface area contributed by atoms with E-state index in [9.17, 15) is 0 Å². The van der Waals surface area contributed by atoms with Crippen LogP contribution in [0.25, 0.3) is 72.5 Å². The monoisotopic (exact) mass is 727 g/mol. The van der Waals surface area contributed by atoms with E-state index >= 15 is 0 Å². The maximum atomic E-state index is 6.73. The van der Waals surface area contributed by atoms with Crippen LogP contribution >= 0.6 is 0 Å². The topological polar surface area (TPSA) is 39.9 Å². The summed E-state index contributed by atoms with van der Waals surface area (Å²) in [6, 6.07) is 71.1. The Balaban J connectivity index is 1.04. The first-order valence-electron chi connectivity index (χ1n) is 19.4. The quantitative estimate of drug-likeness (QED) is 0.181. The van der Waals surface area contributed by atoms with Crippen LogP contribution in [0.15, 0.2) is 200 Å². The van der Waals surface area contributed by atoms with Gasteiger partial charge in [0.05, 0.1) is 27.8 Å². The van der Waals surface area contributed by atoms with Gasteiger partial charge in [-0.25, -0.2) is 9.97 Å². The van der Waals surface area contributed by atoms with Crippen LogP contribution in [0.1, 0.15) is 22.3 Å². The maximum absolute atomic E-state index is 6.73. The molecule has 0 saturated carbocycles. The Morgan fingerprint density at radius 2 is 0.912 bits per heavy atom. The Labute approximate surface area is 330 Å². The van der Waals surface area contributed by atoms with Crippen LogP contribution in [0.4, 0.5) is 0 Å². The molecule has 0 bridgehead atoms. The van der Waals surface area contributed by atoms with Crippen molar-refractivity contribution in [2.24, 2.45) is 0 Å². The number of benzene rings is 8. The smallest absolute Gasteiger partial charge is 0.160 e. The highest BCUT2D eigenvalue weighted by Crippen LogP contribution is 2.62. The maximum Gasteiger partial charge on any atom is 0.160 e. The number of para-hydroxylation sites is 3. The second-order valence-electron chi connectivity index (χ2n) is 14.9. The lowest BCUT2D eigenvalue weighted by atomic mass is 9.66. The van der Waals surface area contributed by atoms with E-state index in [1.165, 1.54) is 44.1 Å². The summed E-state index contributed by atoms with van der Waals surface area (Å²) in [5.41, 5.74) is 14.9. The van der Waals surface area contributed by atoms with Crippen molar-refractivity contribution in [1.29, 1.82) is 0 Å². The minimum absolute atomic E-state index is 0.561. The summed E-state index contributed by atoms with van der Waals surface area (Å²) in [6.07, 6.45) is 0. The number of nitrogens with zero attached hydrogens (tertiary/aromatic N) is 3. The van der Waals surface area contributed by atoms with Crippen molar-refractivity contribution in [2.75, 3.05) is 0 Å². The number of aromatic nitrogens is 3. The van der Waals surface area contributed by atoms with Gasteiger partial charge in [-0.3, -0.25) is 0 Å². The van der Waals surface area contributed by atoms with Crippen LogP contribution < -0.4 is 4.74 Å². The third-order valence-electron chi connectivity index (χ3n) is 11.9. The molecule has 8 aromatic carbocycles. The highest BCUT2D eigenvalue weighted by atomic mass is 16.5. The van der Waals surface area contributed by atoms with E-state index < -0.39 is 5.41 Å². The first-order chi connectivity index (χ1) is 28.3. The zero-order valence-corrected chi connectivity index (χ0v) is 30.8. The largest absolute Gasteiger partial charge is 0.457 e. The molecule has 2 aromatic heterocycles. The molecule has 2 aliphatic rings. The normalized spacial score (nSPS) is 13.2. The van der Waals surface area contributed by atoms with Gasteiger partial charge in [0.1, 0.15) is 11.5 Å². The molecule has 0 unspecified atom stereocenters. The fraction of sp³-hybridized carbons (Fsp3) is 0.0189. The summed E-state index contributed by atoms with van der Waals surface area (Å²) in [5, 5.41) is 2.49. The van der Waals surface area contributed by atoms with Crippen molar-refractivity contribution in [2.45, 2.75) is 5.41 Å². The van der Waals surface area contributed by atoms with Gasteiger partial charge in [-0.15, -0.1) is 0 Å². The van der Waals surface area contributed by atoms with E-state index in [1.807, 2.05) is 18.2 Å². The van der Waals surface area contributed by atoms with Crippen LogP contribution in [-0.2, 0) is 5.41 Å². The second kappa shape index (κ2) is 12.2. The van der Waals surface area contributed by atoms with Crippen LogP contribution in [0.2, 0.25) is 0 Å². The molecule has 1 aliphatic carbocycles. The molecule has 12 rings (SSSR count). The molecule has 57 heavy (non-hydrogen) atoms. The second-order valence-corrected chi connectivity index (χ2v) is 14.9. The van der Waals surface area contributed by atoms with Crippen LogP contribution in [-0.4, -0.2) is 14.5 Å². The number of hydrogen-bond acceptors (Lipinski definition) is 3. The lowest BCUT2D eigenvalue weighted by molar-refractivity contribution is 0.436. The van der Waals surface area contributed by atoms with E-state index in [0.717, 1.165) is 56.4 Å². The fourth-order valence-electron chi connectivity index (χ4n) is 9.46. The Morgan fingerprint density at radius 3 is 1.60 bits per heavy atom. The van der Waals surface area contributed by atoms with Gasteiger partial charge in [-0.1, -0.05) is 146 Å². The predicted octanol–water partition coefficient (Wildman–Crippen LogP) is 13.0. The average Bonchev–Trinajstić information content (AvgIpc) is 3.78. The third-order valence-corrected chi connectivity index (χ3v) is 11.9. The molecule has 4 heteroatoms. The van der Waals surface area contributed by atoms with Crippen molar-refractivity contribution in [3.63, 3.8) is 0 Å². The number of rotatable bonds is 4. The predicted molar refractivity (Wildman–Crippen MR) is 230 cm³/mol. The molecule has 0 saturated heterocycles. The zero-order valence-electron chi connectivity index (χ0n) is 30.8. The van der Waals surface area contributed by atoms with E-state index in [1.54, 1.807) is 0 Å². The summed E-state index contributed by atoms with van der Waals surface area (Å²) < 4.78 is 9.08. The SMILES string of the molecule is c1ccc(-c2nc(-c3ccc(-n4c5ccccc5c5ccccc54)cc3)cc(-c3ccc4c(c3)C3(c5ccccc5O4)c4ccccc4-c4ccccc43)n2)cc1. The molecule has 0 radical (unpaired) electrons. The molecule has 3 heterocycles. The van der Waals surface area contributed by atoms with E-state index in [0.29, 0.717) is 5.82 Å². The Kier molecular flexibility index (Phi) is 6.81. The van der Waals surface area contributed by atoms with Gasteiger partial charge < -0.3 is 9.30 Å². The molecule has 10 aromatic rings. The van der Waals surface area contributed by atoms with Crippen LogP contribution in [0.3, 0.4) is 0 Å². The van der Waals surface area contributed by atoms with Crippen LogP contribution in [0.5, 0.6) is 11.5 Å². The first kappa shape index (κ1) is 31.8. The van der Waals surface area contributed by atoms with E-state index in [-0.39, 0.29) is 0 Å². The summed E-state index contributed by atoms with van der Waals surface area (Å²) in [6.45, 7) is 0. The van der Waals surface area contributed by atoms with Crippen molar-refractivity contribution < 1.29 is 4.74 Å². The number of ether oxygens (including phenoxy) is 1. The molecule has 0 amide bonds. The minimum atomic E-state index is -0.561. The summed E-state index contributed by atoms with van der Waals surface area (Å²) in [4.78, 5) is 10.5. The Hall–Kier alpha value is -7.56. The average molecular weight is 728 g/mol. The molecule has 4 nitrogen and oxygen atoms in total. The highest BCUT2D eigenvalue weighted by molar-refractivity contribution is 6.09. The van der Waals surface area contributed by atoms with Gasteiger partial charge in [0.25, 0.3) is 0 Å². The first-order valence-corrected chi connectivity index (χ1v) is 19.4. The van der Waals surface area contributed by atoms with Crippen molar-refractivity contribution in [3.8, 4) is 62.2 Å².